The van der Waals surface area contributed by atoms with Gasteiger partial charge in [0.2, 0.25) is 0 Å². The lowest BCUT2D eigenvalue weighted by Crippen LogP contribution is -1.93. The molecule has 168 valence electrons. The first-order chi connectivity index (χ1) is 19.6. The van der Waals surface area contributed by atoms with Gasteiger partial charge >= 0.3 is 0 Å². The number of fused-ring (bicyclic) bond motifs is 3. The zero-order chi connectivity index (χ0) is 27.4. The highest BCUT2D eigenvalue weighted by molar-refractivity contribution is 6.22. The summed E-state index contributed by atoms with van der Waals surface area (Å²) in [6.45, 7) is 0. The summed E-state index contributed by atoms with van der Waals surface area (Å²) in [7, 11) is 0. The van der Waals surface area contributed by atoms with Crippen molar-refractivity contribution in [3.8, 4) is 33.4 Å². The lowest BCUT2D eigenvalue weighted by molar-refractivity contribution is 1.63. The van der Waals surface area contributed by atoms with Crippen molar-refractivity contribution >= 4 is 32.3 Å². The van der Waals surface area contributed by atoms with Gasteiger partial charge in [-0.25, -0.2) is 0 Å². The van der Waals surface area contributed by atoms with Crippen LogP contribution < -0.4 is 0 Å². The Labute approximate surface area is 216 Å². The first-order valence-corrected chi connectivity index (χ1v) is 12.1. The van der Waals surface area contributed by atoms with Crippen LogP contribution in [0.1, 0.15) is 5.48 Å². The summed E-state index contributed by atoms with van der Waals surface area (Å²) in [5, 5.41) is 5.26. The summed E-state index contributed by atoms with van der Waals surface area (Å²) in [5.74, 6) is 0. The second-order valence-electron chi connectivity index (χ2n) is 8.98. The topological polar surface area (TPSA) is 0 Å². The quantitative estimate of drug-likeness (QED) is 0.230. The maximum atomic E-state index is 9.17. The minimum absolute atomic E-state index is 0.0236. The van der Waals surface area contributed by atoms with Crippen molar-refractivity contribution in [3.63, 3.8) is 0 Å². The Hall–Kier alpha value is -4.68. The smallest absolute Gasteiger partial charge is 0.0622 e. The maximum absolute atomic E-state index is 9.17. The standard InChI is InChI=1S/C36H24/c1-2-14-26(15-3-1)35-31-20-8-10-22-33(31)36(34-23-11-9-21-32(34)35)30-19-7-6-18-29(30)28-24-12-16-25-13-4-5-17-27(25)28/h1-24H/i8D,10D,20D,22D. The van der Waals surface area contributed by atoms with E-state index >= 15 is 0 Å². The average Bonchev–Trinajstić information content (AvgIpc) is 3.01. The van der Waals surface area contributed by atoms with E-state index in [1.807, 2.05) is 66.7 Å². The molecule has 0 unspecified atom stereocenters. The van der Waals surface area contributed by atoms with Gasteiger partial charge in [0.15, 0.2) is 0 Å². The van der Waals surface area contributed by atoms with Gasteiger partial charge in [-0.05, 0) is 65.7 Å². The number of rotatable bonds is 3. The minimum atomic E-state index is -0.226. The summed E-state index contributed by atoms with van der Waals surface area (Å²) in [4.78, 5) is 0. The first kappa shape index (κ1) is 16.9. The van der Waals surface area contributed by atoms with Crippen molar-refractivity contribution < 1.29 is 5.48 Å². The summed E-state index contributed by atoms with van der Waals surface area (Å²) < 4.78 is 35.5. The van der Waals surface area contributed by atoms with Gasteiger partial charge in [0.25, 0.3) is 0 Å². The Morgan fingerprint density at radius 2 is 0.889 bits per heavy atom. The molecule has 7 aromatic carbocycles. The molecule has 0 aliphatic rings. The Morgan fingerprint density at radius 3 is 1.67 bits per heavy atom. The third kappa shape index (κ3) is 3.23. The van der Waals surface area contributed by atoms with Gasteiger partial charge in [-0.15, -0.1) is 0 Å². The fourth-order valence-corrected chi connectivity index (χ4v) is 5.46. The van der Waals surface area contributed by atoms with E-state index in [-0.39, 0.29) is 24.2 Å². The zero-order valence-electron chi connectivity index (χ0n) is 23.5. The largest absolute Gasteiger partial charge is 0.0629 e. The highest BCUT2D eigenvalue weighted by atomic mass is 14.2. The second-order valence-corrected chi connectivity index (χ2v) is 8.98. The molecule has 0 saturated heterocycles. The van der Waals surface area contributed by atoms with E-state index in [0.717, 1.165) is 54.9 Å². The van der Waals surface area contributed by atoms with E-state index in [1.165, 1.54) is 0 Å². The van der Waals surface area contributed by atoms with Crippen LogP contribution in [0, 0.1) is 0 Å². The van der Waals surface area contributed by atoms with Crippen LogP contribution in [0.5, 0.6) is 0 Å². The SMILES string of the molecule is [2H]c1c([2H])c([2H])c2c(-c3ccccc3-c3cccc4ccccc34)c3ccccc3c(-c3ccccc3)c2c1[2H]. The molecule has 0 heteroatoms. The van der Waals surface area contributed by atoms with Crippen LogP contribution in [-0.4, -0.2) is 0 Å². The molecule has 0 aliphatic carbocycles. The molecule has 0 aliphatic heterocycles. The Balaban J connectivity index is 1.72. The molecule has 0 N–H and O–H groups in total. The van der Waals surface area contributed by atoms with Crippen molar-refractivity contribution in [2.24, 2.45) is 0 Å². The van der Waals surface area contributed by atoms with E-state index in [1.54, 1.807) is 0 Å². The van der Waals surface area contributed by atoms with Crippen LogP contribution >= 0.6 is 0 Å². The van der Waals surface area contributed by atoms with Crippen LogP contribution in [0.4, 0.5) is 0 Å². The fourth-order valence-electron chi connectivity index (χ4n) is 5.46. The fraction of sp³-hybridized carbons (Fsp3) is 0. The first-order valence-electron chi connectivity index (χ1n) is 14.1. The van der Waals surface area contributed by atoms with Crippen molar-refractivity contribution in [1.29, 1.82) is 0 Å². The monoisotopic (exact) mass is 460 g/mol. The van der Waals surface area contributed by atoms with Gasteiger partial charge in [-0.3, -0.25) is 0 Å². The van der Waals surface area contributed by atoms with Crippen LogP contribution in [0.25, 0.3) is 65.7 Å². The van der Waals surface area contributed by atoms with Crippen LogP contribution in [0.15, 0.2) is 145 Å². The van der Waals surface area contributed by atoms with Crippen molar-refractivity contribution in [2.75, 3.05) is 0 Å². The Bertz CT molecular complexity index is 2090. The van der Waals surface area contributed by atoms with E-state index in [9.17, 15) is 0 Å². The number of hydrogen-bond acceptors (Lipinski definition) is 0. The highest BCUT2D eigenvalue weighted by Gasteiger charge is 2.19. The molecule has 0 atom stereocenters. The summed E-state index contributed by atoms with van der Waals surface area (Å²) >= 11 is 0. The third-order valence-corrected chi connectivity index (χ3v) is 6.99. The molecule has 36 heavy (non-hydrogen) atoms. The molecular formula is C36H24. The molecular weight excluding hydrogens is 432 g/mol. The van der Waals surface area contributed by atoms with E-state index in [0.29, 0.717) is 10.8 Å². The Kier molecular flexibility index (Phi) is 3.99. The van der Waals surface area contributed by atoms with Gasteiger partial charge in [-0.1, -0.05) is 145 Å². The minimum Gasteiger partial charge on any atom is -0.0622 e. The number of benzene rings is 7. The van der Waals surface area contributed by atoms with E-state index < -0.39 is 0 Å². The van der Waals surface area contributed by atoms with Gasteiger partial charge in [0, 0.05) is 0 Å². The molecule has 0 radical (unpaired) electrons. The zero-order valence-corrected chi connectivity index (χ0v) is 19.5. The lowest BCUT2D eigenvalue weighted by atomic mass is 9.83. The molecule has 0 heterocycles. The van der Waals surface area contributed by atoms with Crippen molar-refractivity contribution in [2.45, 2.75) is 0 Å². The second kappa shape index (κ2) is 8.52. The van der Waals surface area contributed by atoms with Gasteiger partial charge < -0.3 is 0 Å². The predicted molar refractivity (Wildman–Crippen MR) is 155 cm³/mol. The van der Waals surface area contributed by atoms with Crippen LogP contribution in [0.3, 0.4) is 0 Å². The third-order valence-electron chi connectivity index (χ3n) is 6.99. The van der Waals surface area contributed by atoms with Crippen molar-refractivity contribution in [3.05, 3.63) is 145 Å². The molecule has 7 aromatic rings. The molecule has 0 bridgehead atoms. The van der Waals surface area contributed by atoms with Crippen LogP contribution in [-0.2, 0) is 0 Å². The molecule has 0 aromatic heterocycles. The van der Waals surface area contributed by atoms with Gasteiger partial charge in [0.05, 0.1) is 5.48 Å². The Morgan fingerprint density at radius 1 is 0.361 bits per heavy atom. The summed E-state index contributed by atoms with van der Waals surface area (Å²) in [5.41, 5.74) is 5.60. The summed E-state index contributed by atoms with van der Waals surface area (Å²) in [6.07, 6.45) is 0. The molecule has 7 rings (SSSR count). The highest BCUT2D eigenvalue weighted by Crippen LogP contribution is 2.46. The molecule has 0 spiro atoms. The molecule has 0 nitrogen and oxygen atoms in total. The lowest BCUT2D eigenvalue weighted by Gasteiger charge is -2.20. The number of hydrogen-bond donors (Lipinski definition) is 0. The van der Waals surface area contributed by atoms with E-state index in [4.69, 9.17) is 5.48 Å². The average molecular weight is 461 g/mol. The van der Waals surface area contributed by atoms with E-state index in [2.05, 4.69) is 54.6 Å². The predicted octanol–water partition coefficient (Wildman–Crippen LogP) is 10.1. The molecule has 0 saturated carbocycles. The molecule has 0 amide bonds. The normalized spacial score (nSPS) is 12.9. The maximum Gasteiger partial charge on any atom is 0.0629 e. The molecule has 0 fully saturated rings. The van der Waals surface area contributed by atoms with Gasteiger partial charge in [0.1, 0.15) is 0 Å². The van der Waals surface area contributed by atoms with Crippen molar-refractivity contribution in [1.82, 2.24) is 0 Å². The van der Waals surface area contributed by atoms with Gasteiger partial charge in [-0.2, -0.15) is 0 Å². The van der Waals surface area contributed by atoms with Crippen LogP contribution in [0.2, 0.25) is 0 Å². The summed E-state index contributed by atoms with van der Waals surface area (Å²) in [6, 6.07) is 40.3.